The maximum Gasteiger partial charge on any atom is 0.230 e. The summed E-state index contributed by atoms with van der Waals surface area (Å²) < 4.78 is -0.268. The van der Waals surface area contributed by atoms with Crippen molar-refractivity contribution in [2.45, 2.75) is 48.9 Å². The molecule has 2 aliphatic rings. The number of nitriles is 1. The summed E-state index contributed by atoms with van der Waals surface area (Å²) in [5, 5.41) is 14.4. The van der Waals surface area contributed by atoms with Crippen molar-refractivity contribution in [3.05, 3.63) is 70.3 Å². The second-order valence-electron chi connectivity index (χ2n) is 8.24. The third-order valence-electron chi connectivity index (χ3n) is 5.72. The van der Waals surface area contributed by atoms with E-state index in [1.807, 2.05) is 35.4 Å². The van der Waals surface area contributed by atoms with Crippen molar-refractivity contribution < 1.29 is 4.79 Å². The lowest BCUT2D eigenvalue weighted by Gasteiger charge is -2.36. The van der Waals surface area contributed by atoms with Gasteiger partial charge >= 0.3 is 0 Å². The van der Waals surface area contributed by atoms with E-state index in [1.54, 1.807) is 23.5 Å². The van der Waals surface area contributed by atoms with Crippen molar-refractivity contribution in [3.8, 4) is 6.07 Å². The van der Waals surface area contributed by atoms with Gasteiger partial charge in [0, 0.05) is 22.9 Å². The molecule has 6 heteroatoms. The van der Waals surface area contributed by atoms with Crippen LogP contribution in [0.1, 0.15) is 37.3 Å². The van der Waals surface area contributed by atoms with Crippen LogP contribution in [0.2, 0.25) is 0 Å². The van der Waals surface area contributed by atoms with Crippen LogP contribution in [0.4, 0.5) is 5.69 Å². The molecule has 0 spiro atoms. The fourth-order valence-electron chi connectivity index (χ4n) is 4.04. The van der Waals surface area contributed by atoms with Crippen LogP contribution in [-0.2, 0) is 4.79 Å². The number of aryl methyl sites for hydroxylation is 1. The van der Waals surface area contributed by atoms with Crippen molar-refractivity contribution >= 4 is 35.1 Å². The van der Waals surface area contributed by atoms with E-state index in [4.69, 9.17) is 0 Å². The summed E-state index contributed by atoms with van der Waals surface area (Å²) in [4.78, 5) is 16.3. The molecule has 0 bridgehead atoms. The third-order valence-corrected chi connectivity index (χ3v) is 7.82. The Bertz CT molecular complexity index is 1040. The fourth-order valence-corrected chi connectivity index (χ4v) is 5.83. The average molecular weight is 436 g/mol. The molecule has 2 atom stereocenters. The van der Waals surface area contributed by atoms with E-state index in [1.165, 1.54) is 10.5 Å². The Morgan fingerprint density at radius 3 is 2.43 bits per heavy atom. The van der Waals surface area contributed by atoms with Crippen LogP contribution >= 0.6 is 23.5 Å². The first kappa shape index (κ1) is 20.9. The lowest BCUT2D eigenvalue weighted by atomic mass is 9.86. The number of nitrogens with zero attached hydrogens (tertiary/aromatic N) is 2. The van der Waals surface area contributed by atoms with E-state index < -0.39 is 0 Å². The molecule has 0 saturated carbocycles. The molecule has 1 saturated heterocycles. The van der Waals surface area contributed by atoms with Crippen LogP contribution in [0.15, 0.2) is 64.0 Å². The minimum absolute atomic E-state index is 0.0608. The first-order chi connectivity index (χ1) is 14.3. The predicted molar refractivity (Wildman–Crippen MR) is 125 cm³/mol. The summed E-state index contributed by atoms with van der Waals surface area (Å²) in [7, 11) is 0. The molecule has 0 aliphatic carbocycles. The molecule has 1 amide bonds. The van der Waals surface area contributed by atoms with Crippen LogP contribution in [0.3, 0.4) is 0 Å². The zero-order valence-corrected chi connectivity index (χ0v) is 19.2. The average Bonchev–Trinajstić information content (AvgIpc) is 3.00. The fraction of sp³-hybridized carbons (Fsp3) is 0.333. The molecule has 154 valence electrons. The normalized spacial score (nSPS) is 22.6. The van der Waals surface area contributed by atoms with Gasteiger partial charge in [0.05, 0.1) is 21.4 Å². The predicted octanol–water partition coefficient (Wildman–Crippen LogP) is 5.73. The molecule has 4 nitrogen and oxygen atoms in total. The smallest absolute Gasteiger partial charge is 0.230 e. The standard InChI is InChI=1S/C24H25N3OS2/c1-15-5-9-17(10-6-15)26-23-24(2,3)30-22-20(14-25)19(13-21(28)27(22)23)16-7-11-18(29-4)12-8-16/h5-12,19,23,26H,13H2,1-4H3. The maximum absolute atomic E-state index is 13.3. The number of hydrogen-bond acceptors (Lipinski definition) is 5. The quantitative estimate of drug-likeness (QED) is 0.622. The molecule has 0 aromatic heterocycles. The Morgan fingerprint density at radius 2 is 1.83 bits per heavy atom. The number of allylic oxidation sites excluding steroid dienone is 1. The van der Waals surface area contributed by atoms with E-state index in [-0.39, 0.29) is 22.7 Å². The minimum atomic E-state index is -0.268. The van der Waals surface area contributed by atoms with E-state index in [0.29, 0.717) is 12.0 Å². The van der Waals surface area contributed by atoms with Crippen molar-refractivity contribution in [3.63, 3.8) is 0 Å². The van der Waals surface area contributed by atoms with Gasteiger partial charge in [-0.3, -0.25) is 9.69 Å². The summed E-state index contributed by atoms with van der Waals surface area (Å²) >= 11 is 3.30. The second-order valence-corrected chi connectivity index (χ2v) is 10.8. The lowest BCUT2D eigenvalue weighted by Crippen LogP contribution is -2.49. The molecule has 4 rings (SSSR count). The van der Waals surface area contributed by atoms with Gasteiger partial charge in [0.25, 0.3) is 0 Å². The summed E-state index contributed by atoms with van der Waals surface area (Å²) in [6, 6.07) is 18.8. The summed E-state index contributed by atoms with van der Waals surface area (Å²) in [5.41, 5.74) is 3.88. The van der Waals surface area contributed by atoms with E-state index >= 15 is 0 Å². The van der Waals surface area contributed by atoms with Gasteiger partial charge in [-0.05, 0) is 56.9 Å². The number of amides is 1. The number of fused-ring (bicyclic) bond motifs is 1. The molecule has 2 unspecified atom stereocenters. The Kier molecular flexibility index (Phi) is 5.61. The first-order valence-electron chi connectivity index (χ1n) is 9.96. The number of nitrogens with one attached hydrogen (secondary N) is 1. The number of carbonyl (C=O) groups excluding carboxylic acids is 1. The molecular weight excluding hydrogens is 410 g/mol. The van der Waals surface area contributed by atoms with Crippen LogP contribution in [0.5, 0.6) is 0 Å². The zero-order chi connectivity index (χ0) is 21.5. The zero-order valence-electron chi connectivity index (χ0n) is 17.6. The molecular formula is C24H25N3OS2. The van der Waals surface area contributed by atoms with Crippen LogP contribution in [0, 0.1) is 18.3 Å². The van der Waals surface area contributed by atoms with Crippen molar-refractivity contribution in [2.24, 2.45) is 0 Å². The molecule has 2 aromatic rings. The summed E-state index contributed by atoms with van der Waals surface area (Å²) in [6.45, 7) is 6.30. The number of thioether (sulfide) groups is 2. The van der Waals surface area contributed by atoms with E-state index in [2.05, 4.69) is 56.4 Å². The van der Waals surface area contributed by atoms with E-state index in [0.717, 1.165) is 16.3 Å². The molecule has 2 aliphatic heterocycles. The number of hydrogen-bond donors (Lipinski definition) is 1. The molecule has 1 N–H and O–H groups in total. The third kappa shape index (κ3) is 3.73. The Balaban J connectivity index is 1.72. The number of rotatable bonds is 4. The van der Waals surface area contributed by atoms with Gasteiger partial charge in [-0.15, -0.1) is 11.8 Å². The van der Waals surface area contributed by atoms with Crippen molar-refractivity contribution in [1.29, 1.82) is 5.26 Å². The van der Waals surface area contributed by atoms with Crippen LogP contribution in [0.25, 0.3) is 0 Å². The highest BCUT2D eigenvalue weighted by molar-refractivity contribution is 8.04. The van der Waals surface area contributed by atoms with Gasteiger partial charge < -0.3 is 5.32 Å². The largest absolute Gasteiger partial charge is 0.364 e. The van der Waals surface area contributed by atoms with Gasteiger partial charge in [-0.25, -0.2) is 0 Å². The Labute approximate surface area is 186 Å². The number of benzene rings is 2. The van der Waals surface area contributed by atoms with E-state index in [9.17, 15) is 10.1 Å². The highest BCUT2D eigenvalue weighted by Gasteiger charge is 2.51. The second kappa shape index (κ2) is 8.05. The van der Waals surface area contributed by atoms with Crippen molar-refractivity contribution in [1.82, 2.24) is 4.90 Å². The summed E-state index contributed by atoms with van der Waals surface area (Å²) in [5.74, 6) is -0.128. The number of carbonyl (C=O) groups is 1. The van der Waals surface area contributed by atoms with Crippen LogP contribution in [-0.4, -0.2) is 28.0 Å². The highest BCUT2D eigenvalue weighted by Crippen LogP contribution is 2.53. The van der Waals surface area contributed by atoms with Gasteiger partial charge in [0.2, 0.25) is 5.91 Å². The van der Waals surface area contributed by atoms with Gasteiger partial charge in [-0.2, -0.15) is 5.26 Å². The van der Waals surface area contributed by atoms with Gasteiger partial charge in [0.15, 0.2) is 0 Å². The lowest BCUT2D eigenvalue weighted by molar-refractivity contribution is -0.131. The Morgan fingerprint density at radius 1 is 1.17 bits per heavy atom. The maximum atomic E-state index is 13.3. The highest BCUT2D eigenvalue weighted by atomic mass is 32.2. The first-order valence-corrected chi connectivity index (χ1v) is 12.0. The summed E-state index contributed by atoms with van der Waals surface area (Å²) in [6.07, 6.45) is 2.14. The van der Waals surface area contributed by atoms with Gasteiger partial charge in [0.1, 0.15) is 6.17 Å². The minimum Gasteiger partial charge on any atom is -0.364 e. The SMILES string of the molecule is CSc1ccc(C2CC(=O)N3C(=C2C#N)SC(C)(C)C3Nc2ccc(C)cc2)cc1. The monoisotopic (exact) mass is 435 g/mol. The van der Waals surface area contributed by atoms with Gasteiger partial charge in [-0.1, -0.05) is 41.6 Å². The molecule has 2 heterocycles. The molecule has 1 fully saturated rings. The molecule has 0 radical (unpaired) electrons. The van der Waals surface area contributed by atoms with Crippen LogP contribution < -0.4 is 5.32 Å². The van der Waals surface area contributed by atoms with Crippen molar-refractivity contribution in [2.75, 3.05) is 11.6 Å². The molecule has 30 heavy (non-hydrogen) atoms. The molecule has 2 aromatic carbocycles. The Hall–Kier alpha value is -2.36. The topological polar surface area (TPSA) is 56.1 Å². The number of anilines is 1.